The number of hydrogen-bond acceptors (Lipinski definition) is 3. The van der Waals surface area contributed by atoms with Gasteiger partial charge in [0.2, 0.25) is 0 Å². The molecule has 0 amide bonds. The highest BCUT2D eigenvalue weighted by Crippen LogP contribution is 2.20. The molecule has 0 aliphatic carbocycles. The zero-order chi connectivity index (χ0) is 13.1. The Kier molecular flexibility index (Phi) is 9.43. The van der Waals surface area contributed by atoms with Crippen LogP contribution in [-0.4, -0.2) is 37.0 Å². The number of quaternary nitrogens is 1. The Hall–Kier alpha value is -0.370. The quantitative estimate of drug-likeness (QED) is 0.417. The molecule has 4 heteroatoms. The van der Waals surface area contributed by atoms with E-state index in [1.165, 1.54) is 55.2 Å². The summed E-state index contributed by atoms with van der Waals surface area (Å²) in [5.41, 5.74) is 0. The van der Waals surface area contributed by atoms with Crippen LogP contribution in [0.4, 0.5) is 0 Å². The van der Waals surface area contributed by atoms with E-state index in [1.807, 2.05) is 0 Å². The minimum absolute atomic E-state index is 0.382. The van der Waals surface area contributed by atoms with Crippen molar-refractivity contribution < 1.29 is 9.22 Å². The Balaban J connectivity index is 0.000000770. The van der Waals surface area contributed by atoms with Crippen LogP contribution in [0.2, 0.25) is 0 Å². The lowest BCUT2D eigenvalue weighted by atomic mass is 10.3. The average Bonchev–Trinajstić information content (AvgIpc) is 2.74. The number of nitriles is 1. The second-order valence-electron chi connectivity index (χ2n) is 5.01. The minimum atomic E-state index is 0.382. The zero-order valence-corrected chi connectivity index (χ0v) is 12.3. The third-order valence-electron chi connectivity index (χ3n) is 3.18. The summed E-state index contributed by atoms with van der Waals surface area (Å²) in [5, 5.41) is 8.47. The lowest BCUT2D eigenvalue weighted by Gasteiger charge is -2.34. The molecule has 0 radical (unpaired) electrons. The normalized spacial score (nSPS) is 17.4. The van der Waals surface area contributed by atoms with Crippen LogP contribution in [0.25, 0.3) is 0 Å². The summed E-state index contributed by atoms with van der Waals surface area (Å²) in [6.07, 6.45) is 5.83. The number of thiocyanates is 1. The molecule has 1 fully saturated rings. The second kappa shape index (κ2) is 9.64. The third-order valence-corrected chi connectivity index (χ3v) is 3.18. The maximum Gasteiger partial charge on any atom is 0.183 e. The highest BCUT2D eigenvalue weighted by molar-refractivity contribution is 7.64. The van der Waals surface area contributed by atoms with E-state index < -0.39 is 0 Å². The van der Waals surface area contributed by atoms with Crippen molar-refractivity contribution in [2.45, 2.75) is 52.6 Å². The fraction of sp³-hybridized carbons (Fsp3) is 0.923. The first-order valence-electron chi connectivity index (χ1n) is 6.58. The molecule has 1 rings (SSSR count). The summed E-state index contributed by atoms with van der Waals surface area (Å²) >= 11 is 3.70. The first-order chi connectivity index (χ1) is 8.10. The van der Waals surface area contributed by atoms with E-state index in [9.17, 15) is 0 Å². The van der Waals surface area contributed by atoms with E-state index in [2.05, 4.69) is 33.4 Å². The fourth-order valence-electron chi connectivity index (χ4n) is 2.22. The smallest absolute Gasteiger partial charge is 0.183 e. The number of likely N-dealkylation sites (tertiary alicyclic amines) is 1. The monoisotopic (exact) mass is 258 g/mol. The highest BCUT2D eigenvalue weighted by Gasteiger charge is 2.31. The molecule has 1 aliphatic heterocycles. The first kappa shape index (κ1) is 16.6. The van der Waals surface area contributed by atoms with Crippen LogP contribution in [-0.2, 0) is 17.4 Å². The molecule has 1 aliphatic rings. The summed E-state index contributed by atoms with van der Waals surface area (Å²) < 4.78 is 7.03. The molecule has 0 saturated carbocycles. The van der Waals surface area contributed by atoms with Crippen molar-refractivity contribution in [3.8, 4) is 5.40 Å². The maximum atomic E-state index is 7.13. The Morgan fingerprint density at radius 2 is 1.88 bits per heavy atom. The summed E-state index contributed by atoms with van der Waals surface area (Å²) in [6.45, 7) is 11.5. The third kappa shape index (κ3) is 7.54. The van der Waals surface area contributed by atoms with E-state index in [1.54, 1.807) is 0 Å². The Bertz CT molecular complexity index is 220. The van der Waals surface area contributed by atoms with Crippen LogP contribution in [0.5, 0.6) is 0 Å². The van der Waals surface area contributed by atoms with Gasteiger partial charge in [-0.2, -0.15) is 0 Å². The molecule has 0 aromatic carbocycles. The van der Waals surface area contributed by atoms with Gasteiger partial charge in [0.1, 0.15) is 0 Å². The molecule has 0 N–H and O–H groups in total. The summed E-state index contributed by atoms with van der Waals surface area (Å²) in [6, 6.07) is 0. The standard InChI is InChI=1S/C12H26NO.CHNS/c1-4-5-8-13(9-6-7-10-13)11-14-12(2)3;2-1-3/h12H,4-11H2,1-3H3;3H/q+1;/p-1. The Labute approximate surface area is 112 Å². The van der Waals surface area contributed by atoms with Gasteiger partial charge in [-0.3, -0.25) is 0 Å². The Morgan fingerprint density at radius 3 is 2.29 bits per heavy atom. The number of nitrogens with zero attached hydrogens (tertiary/aromatic N) is 2. The van der Waals surface area contributed by atoms with Gasteiger partial charge in [-0.1, -0.05) is 18.7 Å². The summed E-state index contributed by atoms with van der Waals surface area (Å²) in [7, 11) is 0. The van der Waals surface area contributed by atoms with Crippen LogP contribution >= 0.6 is 0 Å². The number of rotatable bonds is 6. The zero-order valence-electron chi connectivity index (χ0n) is 11.4. The van der Waals surface area contributed by atoms with E-state index in [0.717, 1.165) is 6.73 Å². The van der Waals surface area contributed by atoms with Crippen molar-refractivity contribution in [2.75, 3.05) is 26.4 Å². The molecule has 0 aromatic rings. The number of hydrogen-bond donors (Lipinski definition) is 0. The van der Waals surface area contributed by atoms with Gasteiger partial charge in [0, 0.05) is 12.8 Å². The van der Waals surface area contributed by atoms with Crippen molar-refractivity contribution in [2.24, 2.45) is 0 Å². The second-order valence-corrected chi connectivity index (χ2v) is 5.19. The first-order valence-corrected chi connectivity index (χ1v) is 6.99. The molecular formula is C13H26N2OS. The largest absolute Gasteiger partial charge is 0.696 e. The van der Waals surface area contributed by atoms with Crippen molar-refractivity contribution >= 4 is 12.6 Å². The van der Waals surface area contributed by atoms with Crippen LogP contribution in [0, 0.1) is 10.7 Å². The van der Waals surface area contributed by atoms with Crippen LogP contribution in [0.15, 0.2) is 0 Å². The molecule has 100 valence electrons. The predicted molar refractivity (Wildman–Crippen MR) is 73.1 cm³/mol. The van der Waals surface area contributed by atoms with Crippen LogP contribution < -0.4 is 0 Å². The molecule has 0 spiro atoms. The van der Waals surface area contributed by atoms with Crippen molar-refractivity contribution in [1.29, 1.82) is 5.26 Å². The van der Waals surface area contributed by atoms with Crippen LogP contribution in [0.3, 0.4) is 0 Å². The average molecular weight is 258 g/mol. The predicted octanol–water partition coefficient (Wildman–Crippen LogP) is 2.79. The summed E-state index contributed by atoms with van der Waals surface area (Å²) in [5.74, 6) is 0. The maximum absolute atomic E-state index is 7.13. The van der Waals surface area contributed by atoms with Crippen LogP contribution in [0.1, 0.15) is 46.5 Å². The van der Waals surface area contributed by atoms with E-state index in [-0.39, 0.29) is 0 Å². The molecule has 0 unspecified atom stereocenters. The molecule has 17 heavy (non-hydrogen) atoms. The molecule has 0 bridgehead atoms. The number of unbranched alkanes of at least 4 members (excludes halogenated alkanes) is 1. The van der Waals surface area contributed by atoms with Gasteiger partial charge in [0.05, 0.1) is 25.7 Å². The lowest BCUT2D eigenvalue weighted by Crippen LogP contribution is -2.48. The van der Waals surface area contributed by atoms with Gasteiger partial charge in [0.15, 0.2) is 6.73 Å². The Morgan fingerprint density at radius 1 is 1.35 bits per heavy atom. The topological polar surface area (TPSA) is 33.0 Å². The van der Waals surface area contributed by atoms with E-state index in [4.69, 9.17) is 10.00 Å². The highest BCUT2D eigenvalue weighted by atomic mass is 32.1. The van der Waals surface area contributed by atoms with Gasteiger partial charge >= 0.3 is 0 Å². The molecule has 3 nitrogen and oxygen atoms in total. The van der Waals surface area contributed by atoms with E-state index in [0.29, 0.717) is 6.10 Å². The summed E-state index contributed by atoms with van der Waals surface area (Å²) in [4.78, 5) is 0. The molecule has 0 atom stereocenters. The molecular weight excluding hydrogens is 232 g/mol. The van der Waals surface area contributed by atoms with E-state index >= 15 is 0 Å². The van der Waals surface area contributed by atoms with Gasteiger partial charge < -0.3 is 21.8 Å². The SMILES string of the molecule is CCCC[N+]1(COC(C)C)CCCC1.N#C[S-]. The van der Waals surface area contributed by atoms with Gasteiger partial charge in [-0.15, -0.1) is 0 Å². The van der Waals surface area contributed by atoms with Crippen molar-refractivity contribution in [3.05, 3.63) is 0 Å². The fourth-order valence-corrected chi connectivity index (χ4v) is 2.22. The van der Waals surface area contributed by atoms with Crippen molar-refractivity contribution in [1.82, 2.24) is 0 Å². The lowest BCUT2D eigenvalue weighted by molar-refractivity contribution is -0.935. The minimum Gasteiger partial charge on any atom is -0.696 e. The molecule has 1 heterocycles. The van der Waals surface area contributed by atoms with Crippen molar-refractivity contribution in [3.63, 3.8) is 0 Å². The van der Waals surface area contributed by atoms with Gasteiger partial charge in [-0.05, 0) is 20.3 Å². The van der Waals surface area contributed by atoms with Gasteiger partial charge in [-0.25, -0.2) is 5.26 Å². The molecule has 1 saturated heterocycles. The number of ether oxygens (including phenoxy) is 1. The van der Waals surface area contributed by atoms with Gasteiger partial charge in [0.25, 0.3) is 0 Å². The molecule has 0 aromatic heterocycles.